The number of fused-ring (bicyclic) bond motifs is 1. The zero-order valence-corrected chi connectivity index (χ0v) is 11.8. The summed E-state index contributed by atoms with van der Waals surface area (Å²) >= 11 is 0. The van der Waals surface area contributed by atoms with Crippen LogP contribution in [0.5, 0.6) is 5.75 Å². The van der Waals surface area contributed by atoms with Gasteiger partial charge in [-0.05, 0) is 41.8 Å². The largest absolute Gasteiger partial charge is 0.497 e. The highest BCUT2D eigenvalue weighted by Crippen LogP contribution is 2.32. The summed E-state index contributed by atoms with van der Waals surface area (Å²) < 4.78 is 5.09. The Labute approximate surface area is 123 Å². The monoisotopic (exact) mass is 280 g/mol. The first-order valence-corrected chi connectivity index (χ1v) is 6.99. The molecule has 21 heavy (non-hydrogen) atoms. The first-order chi connectivity index (χ1) is 10.2. The summed E-state index contributed by atoms with van der Waals surface area (Å²) in [6.07, 6.45) is 1.16. The van der Waals surface area contributed by atoms with Crippen LogP contribution in [0.15, 0.2) is 48.5 Å². The number of methoxy groups -OCH3 is 1. The summed E-state index contributed by atoms with van der Waals surface area (Å²) in [4.78, 5) is 25.0. The summed E-state index contributed by atoms with van der Waals surface area (Å²) in [5.74, 6) is -0.0883. The van der Waals surface area contributed by atoms with Crippen molar-refractivity contribution in [3.63, 3.8) is 0 Å². The summed E-state index contributed by atoms with van der Waals surface area (Å²) in [5.41, 5.74) is 2.50. The van der Waals surface area contributed by atoms with Crippen LogP contribution in [0.4, 0.5) is 0 Å². The molecule has 0 radical (unpaired) electrons. The predicted molar refractivity (Wildman–Crippen MR) is 79.8 cm³/mol. The second-order valence-electron chi connectivity index (χ2n) is 5.19. The van der Waals surface area contributed by atoms with E-state index in [4.69, 9.17) is 4.74 Å². The predicted octanol–water partition coefficient (Wildman–Crippen LogP) is 3.18. The first kappa shape index (κ1) is 13.6. The quantitative estimate of drug-likeness (QED) is 0.640. The highest BCUT2D eigenvalue weighted by molar-refractivity contribution is 6.15. The smallest absolute Gasteiger partial charge is 0.177 e. The molecule has 1 unspecified atom stereocenters. The Balaban J connectivity index is 1.98. The van der Waals surface area contributed by atoms with Crippen LogP contribution >= 0.6 is 0 Å². The maximum atomic E-state index is 12.7. The van der Waals surface area contributed by atoms with Crippen molar-refractivity contribution in [2.45, 2.75) is 18.8 Å². The Bertz CT molecular complexity index is 686. The van der Waals surface area contributed by atoms with Gasteiger partial charge in [-0.2, -0.15) is 0 Å². The number of ketones is 2. The second kappa shape index (κ2) is 5.52. The van der Waals surface area contributed by atoms with Gasteiger partial charge >= 0.3 is 0 Å². The van der Waals surface area contributed by atoms with Crippen LogP contribution in [-0.4, -0.2) is 18.7 Å². The minimum Gasteiger partial charge on any atom is -0.497 e. The molecular formula is C18H16O3. The minimum absolute atomic E-state index is 0.00881. The van der Waals surface area contributed by atoms with Gasteiger partial charge in [-0.1, -0.05) is 24.3 Å². The molecule has 1 aliphatic carbocycles. The highest BCUT2D eigenvalue weighted by atomic mass is 16.5. The normalized spacial score (nSPS) is 17.2. The zero-order chi connectivity index (χ0) is 14.8. The molecule has 0 N–H and O–H groups in total. The Hall–Kier alpha value is -2.42. The summed E-state index contributed by atoms with van der Waals surface area (Å²) in [5, 5.41) is 0. The van der Waals surface area contributed by atoms with E-state index in [1.807, 2.05) is 24.3 Å². The van der Waals surface area contributed by atoms with E-state index in [1.54, 1.807) is 31.4 Å². The lowest BCUT2D eigenvalue weighted by molar-refractivity contribution is -0.119. The lowest BCUT2D eigenvalue weighted by atomic mass is 9.78. The summed E-state index contributed by atoms with van der Waals surface area (Å²) in [6, 6.07) is 14.6. The Morgan fingerprint density at radius 3 is 2.48 bits per heavy atom. The van der Waals surface area contributed by atoms with Crippen LogP contribution in [0.3, 0.4) is 0 Å². The van der Waals surface area contributed by atoms with Crippen molar-refractivity contribution in [3.8, 4) is 5.75 Å². The molecule has 0 heterocycles. The zero-order valence-electron chi connectivity index (χ0n) is 11.8. The fraction of sp³-hybridized carbons (Fsp3) is 0.222. The fourth-order valence-electron chi connectivity index (χ4n) is 2.83. The number of hydrogen-bond acceptors (Lipinski definition) is 3. The molecule has 1 atom stereocenters. The standard InChI is InChI=1S/C18H16O3/c1-21-14-9-6-13(7-10-14)18(20)17-15-5-3-2-4-12(15)8-11-16(17)19/h2-7,9-10,17H,8,11H2,1H3. The average Bonchev–Trinajstić information content (AvgIpc) is 2.54. The SMILES string of the molecule is COc1ccc(C(=O)C2C(=O)CCc3ccccc32)cc1. The maximum absolute atomic E-state index is 12.7. The molecule has 2 aromatic carbocycles. The van der Waals surface area contributed by atoms with E-state index in [1.165, 1.54) is 0 Å². The van der Waals surface area contributed by atoms with Gasteiger partial charge in [-0.15, -0.1) is 0 Å². The number of aryl methyl sites for hydroxylation is 1. The number of benzene rings is 2. The van der Waals surface area contributed by atoms with Gasteiger partial charge in [-0.25, -0.2) is 0 Å². The van der Waals surface area contributed by atoms with Gasteiger partial charge in [0, 0.05) is 12.0 Å². The molecule has 0 amide bonds. The van der Waals surface area contributed by atoms with Crippen molar-refractivity contribution in [2.75, 3.05) is 7.11 Å². The van der Waals surface area contributed by atoms with Crippen molar-refractivity contribution in [3.05, 3.63) is 65.2 Å². The van der Waals surface area contributed by atoms with E-state index < -0.39 is 5.92 Å². The van der Waals surface area contributed by atoms with Crippen molar-refractivity contribution in [2.24, 2.45) is 0 Å². The third kappa shape index (κ3) is 2.47. The molecule has 0 saturated carbocycles. The van der Waals surface area contributed by atoms with Crippen molar-refractivity contribution >= 4 is 11.6 Å². The summed E-state index contributed by atoms with van der Waals surface area (Å²) in [7, 11) is 1.58. The van der Waals surface area contributed by atoms with Gasteiger partial charge in [0.25, 0.3) is 0 Å². The number of carbonyl (C=O) groups is 2. The van der Waals surface area contributed by atoms with E-state index in [-0.39, 0.29) is 11.6 Å². The van der Waals surface area contributed by atoms with Gasteiger partial charge in [0.1, 0.15) is 17.5 Å². The number of rotatable bonds is 3. The molecule has 0 aromatic heterocycles. The molecule has 0 bridgehead atoms. The van der Waals surface area contributed by atoms with Crippen LogP contribution in [0.25, 0.3) is 0 Å². The molecule has 2 aromatic rings. The van der Waals surface area contributed by atoms with E-state index in [0.29, 0.717) is 17.7 Å². The van der Waals surface area contributed by atoms with Crippen LogP contribution in [0, 0.1) is 0 Å². The minimum atomic E-state index is -0.664. The third-order valence-electron chi connectivity index (χ3n) is 3.97. The molecule has 0 fully saturated rings. The van der Waals surface area contributed by atoms with E-state index in [9.17, 15) is 9.59 Å². The number of Topliss-reactive ketones (excluding diaryl/α,β-unsaturated/α-hetero) is 2. The lowest BCUT2D eigenvalue weighted by Crippen LogP contribution is -2.27. The van der Waals surface area contributed by atoms with E-state index >= 15 is 0 Å². The highest BCUT2D eigenvalue weighted by Gasteiger charge is 2.33. The topological polar surface area (TPSA) is 43.4 Å². The van der Waals surface area contributed by atoms with Crippen LogP contribution in [0.1, 0.15) is 33.8 Å². The molecule has 0 aliphatic heterocycles. The van der Waals surface area contributed by atoms with Gasteiger partial charge < -0.3 is 4.74 Å². The summed E-state index contributed by atoms with van der Waals surface area (Å²) in [6.45, 7) is 0. The van der Waals surface area contributed by atoms with E-state index in [2.05, 4.69) is 0 Å². The molecule has 3 heteroatoms. The maximum Gasteiger partial charge on any atom is 0.177 e. The number of ether oxygens (including phenoxy) is 1. The van der Waals surface area contributed by atoms with Crippen molar-refractivity contribution in [1.82, 2.24) is 0 Å². The third-order valence-corrected chi connectivity index (χ3v) is 3.97. The molecule has 3 rings (SSSR count). The molecule has 0 spiro atoms. The Morgan fingerprint density at radius 2 is 1.76 bits per heavy atom. The van der Waals surface area contributed by atoms with E-state index in [0.717, 1.165) is 17.5 Å². The van der Waals surface area contributed by atoms with Gasteiger partial charge in [0.2, 0.25) is 0 Å². The van der Waals surface area contributed by atoms with Crippen LogP contribution in [-0.2, 0) is 11.2 Å². The molecular weight excluding hydrogens is 264 g/mol. The molecule has 3 nitrogen and oxygen atoms in total. The number of carbonyl (C=O) groups excluding carboxylic acids is 2. The molecule has 106 valence electrons. The lowest BCUT2D eigenvalue weighted by Gasteiger charge is -2.23. The van der Waals surface area contributed by atoms with Crippen LogP contribution < -0.4 is 4.74 Å². The van der Waals surface area contributed by atoms with Gasteiger partial charge in [0.05, 0.1) is 7.11 Å². The Morgan fingerprint density at radius 1 is 1.05 bits per heavy atom. The van der Waals surface area contributed by atoms with Crippen molar-refractivity contribution < 1.29 is 14.3 Å². The van der Waals surface area contributed by atoms with Crippen molar-refractivity contribution in [1.29, 1.82) is 0 Å². The van der Waals surface area contributed by atoms with Gasteiger partial charge in [0.15, 0.2) is 5.78 Å². The molecule has 0 saturated heterocycles. The van der Waals surface area contributed by atoms with Crippen LogP contribution in [0.2, 0.25) is 0 Å². The van der Waals surface area contributed by atoms with Gasteiger partial charge in [-0.3, -0.25) is 9.59 Å². The number of hydrogen-bond donors (Lipinski definition) is 0. The Kier molecular flexibility index (Phi) is 3.57. The fourth-order valence-corrected chi connectivity index (χ4v) is 2.83. The first-order valence-electron chi connectivity index (χ1n) is 6.99. The average molecular weight is 280 g/mol. The second-order valence-corrected chi connectivity index (χ2v) is 5.19. The molecule has 1 aliphatic rings.